The van der Waals surface area contributed by atoms with Gasteiger partial charge in [-0.1, -0.05) is 5.10 Å². The van der Waals surface area contributed by atoms with Gasteiger partial charge < -0.3 is 19.9 Å². The van der Waals surface area contributed by atoms with Crippen molar-refractivity contribution in [1.29, 1.82) is 0 Å². The molecule has 6 heteroatoms. The molecule has 0 aliphatic rings. The molecule has 80 valence electrons. The van der Waals surface area contributed by atoms with Gasteiger partial charge in [0.1, 0.15) is 0 Å². The van der Waals surface area contributed by atoms with Crippen molar-refractivity contribution < 1.29 is 8.83 Å². The van der Waals surface area contributed by atoms with Gasteiger partial charge in [-0.3, -0.25) is 0 Å². The van der Waals surface area contributed by atoms with Crippen molar-refractivity contribution in [2.75, 3.05) is 5.32 Å². The van der Waals surface area contributed by atoms with Crippen LogP contribution in [0.15, 0.2) is 27.4 Å². The molecule has 3 N–H and O–H groups in total. The van der Waals surface area contributed by atoms with E-state index < -0.39 is 0 Å². The normalized spacial score (nSPS) is 12.7. The zero-order valence-corrected chi connectivity index (χ0v) is 8.30. The highest BCUT2D eigenvalue weighted by Crippen LogP contribution is 2.12. The van der Waals surface area contributed by atoms with Gasteiger partial charge in [-0.15, -0.1) is 5.10 Å². The second kappa shape index (κ2) is 4.14. The van der Waals surface area contributed by atoms with E-state index in [-0.39, 0.29) is 6.04 Å². The fraction of sp³-hybridized carbons (Fsp3) is 0.333. The van der Waals surface area contributed by atoms with Crippen molar-refractivity contribution in [3.8, 4) is 0 Å². The van der Waals surface area contributed by atoms with Crippen LogP contribution >= 0.6 is 0 Å². The van der Waals surface area contributed by atoms with E-state index in [1.807, 2.05) is 6.07 Å². The molecule has 2 heterocycles. The Morgan fingerprint density at radius 2 is 2.40 bits per heavy atom. The van der Waals surface area contributed by atoms with Crippen molar-refractivity contribution in [3.63, 3.8) is 0 Å². The van der Waals surface area contributed by atoms with Gasteiger partial charge >= 0.3 is 6.01 Å². The number of hydrogen-bond acceptors (Lipinski definition) is 6. The van der Waals surface area contributed by atoms with Gasteiger partial charge in [-0.25, -0.2) is 0 Å². The number of hydrogen-bond donors (Lipinski definition) is 2. The maximum absolute atomic E-state index is 5.58. The van der Waals surface area contributed by atoms with Crippen LogP contribution in [-0.4, -0.2) is 10.2 Å². The van der Waals surface area contributed by atoms with Crippen LogP contribution in [0, 0.1) is 0 Å². The Balaban J connectivity index is 1.94. The smallest absolute Gasteiger partial charge is 0.315 e. The predicted molar refractivity (Wildman–Crippen MR) is 52.9 cm³/mol. The zero-order valence-electron chi connectivity index (χ0n) is 8.30. The van der Waals surface area contributed by atoms with Crippen LogP contribution in [0.3, 0.4) is 0 Å². The third-order valence-electron chi connectivity index (χ3n) is 1.85. The third kappa shape index (κ3) is 2.35. The van der Waals surface area contributed by atoms with Gasteiger partial charge in [0.05, 0.1) is 18.6 Å². The van der Waals surface area contributed by atoms with E-state index >= 15 is 0 Å². The van der Waals surface area contributed by atoms with Crippen LogP contribution in [0.5, 0.6) is 0 Å². The van der Waals surface area contributed by atoms with Gasteiger partial charge in [0, 0.05) is 12.1 Å². The molecule has 0 saturated carbocycles. The van der Waals surface area contributed by atoms with Crippen LogP contribution in [0.1, 0.15) is 24.4 Å². The molecule has 0 aliphatic carbocycles. The topological polar surface area (TPSA) is 90.1 Å². The van der Waals surface area contributed by atoms with Gasteiger partial charge in [-0.2, -0.15) is 0 Å². The molecule has 6 nitrogen and oxygen atoms in total. The molecular formula is C9H12N4O2. The monoisotopic (exact) mass is 208 g/mol. The summed E-state index contributed by atoms with van der Waals surface area (Å²) in [5.74, 6) is 0.421. The molecule has 0 bridgehead atoms. The maximum atomic E-state index is 5.58. The average molecular weight is 208 g/mol. The van der Waals surface area contributed by atoms with Crippen LogP contribution in [0.25, 0.3) is 0 Å². The lowest BCUT2D eigenvalue weighted by atomic mass is 10.3. The lowest BCUT2D eigenvalue weighted by Gasteiger charge is -1.97. The van der Waals surface area contributed by atoms with Crippen molar-refractivity contribution >= 4 is 6.01 Å². The highest BCUT2D eigenvalue weighted by molar-refractivity contribution is 5.21. The molecule has 0 aliphatic heterocycles. The first-order chi connectivity index (χ1) is 7.25. The number of furan rings is 1. The molecule has 0 saturated heterocycles. The van der Waals surface area contributed by atoms with Crippen molar-refractivity contribution in [2.45, 2.75) is 19.5 Å². The summed E-state index contributed by atoms with van der Waals surface area (Å²) < 4.78 is 10.2. The largest absolute Gasteiger partial charge is 0.472 e. The number of rotatable bonds is 4. The Morgan fingerprint density at radius 3 is 3.00 bits per heavy atom. The maximum Gasteiger partial charge on any atom is 0.315 e. The molecule has 1 unspecified atom stereocenters. The molecule has 0 radical (unpaired) electrons. The lowest BCUT2D eigenvalue weighted by Crippen LogP contribution is -2.04. The van der Waals surface area contributed by atoms with Gasteiger partial charge in [0.2, 0.25) is 5.89 Å². The number of nitrogens with two attached hydrogens (primary N) is 1. The molecule has 0 aromatic carbocycles. The van der Waals surface area contributed by atoms with E-state index in [4.69, 9.17) is 14.6 Å². The summed E-state index contributed by atoms with van der Waals surface area (Å²) in [4.78, 5) is 0. The third-order valence-corrected chi connectivity index (χ3v) is 1.85. The van der Waals surface area contributed by atoms with E-state index in [9.17, 15) is 0 Å². The minimum Gasteiger partial charge on any atom is -0.472 e. The SMILES string of the molecule is CC(N)c1nnc(NCc2ccoc2)o1. The number of anilines is 1. The standard InChI is InChI=1S/C9H12N4O2/c1-6(10)8-12-13-9(15-8)11-4-7-2-3-14-5-7/h2-3,5-6H,4,10H2,1H3,(H,11,13). The Bertz CT molecular complexity index is 407. The Kier molecular flexibility index (Phi) is 2.68. The van der Waals surface area contributed by atoms with Crippen LogP contribution in [-0.2, 0) is 6.54 Å². The number of aromatic nitrogens is 2. The van der Waals surface area contributed by atoms with E-state index in [2.05, 4.69) is 15.5 Å². The second-order valence-corrected chi connectivity index (χ2v) is 3.22. The first kappa shape index (κ1) is 9.72. The van der Waals surface area contributed by atoms with Crippen LogP contribution < -0.4 is 11.1 Å². The first-order valence-electron chi connectivity index (χ1n) is 4.59. The molecule has 0 spiro atoms. The van der Waals surface area contributed by atoms with E-state index in [0.717, 1.165) is 5.56 Å². The van der Waals surface area contributed by atoms with Gasteiger partial charge in [-0.05, 0) is 13.0 Å². The minimum atomic E-state index is -0.248. The molecular weight excluding hydrogens is 196 g/mol. The molecule has 0 fully saturated rings. The van der Waals surface area contributed by atoms with Crippen molar-refractivity contribution in [3.05, 3.63) is 30.0 Å². The summed E-state index contributed by atoms with van der Waals surface area (Å²) in [5.41, 5.74) is 6.59. The summed E-state index contributed by atoms with van der Waals surface area (Å²) in [7, 11) is 0. The van der Waals surface area contributed by atoms with Crippen molar-refractivity contribution in [1.82, 2.24) is 10.2 Å². The molecule has 2 rings (SSSR count). The van der Waals surface area contributed by atoms with Crippen LogP contribution in [0.4, 0.5) is 6.01 Å². The zero-order chi connectivity index (χ0) is 10.7. The summed E-state index contributed by atoms with van der Waals surface area (Å²) >= 11 is 0. The Morgan fingerprint density at radius 1 is 1.53 bits per heavy atom. The quantitative estimate of drug-likeness (QED) is 0.786. The van der Waals surface area contributed by atoms with E-state index in [1.54, 1.807) is 19.5 Å². The van der Waals surface area contributed by atoms with Gasteiger partial charge in [0.25, 0.3) is 0 Å². The fourth-order valence-electron chi connectivity index (χ4n) is 1.06. The molecule has 15 heavy (non-hydrogen) atoms. The number of nitrogens with zero attached hydrogens (tertiary/aromatic N) is 2. The second-order valence-electron chi connectivity index (χ2n) is 3.22. The Labute approximate surface area is 86.5 Å². The van der Waals surface area contributed by atoms with Gasteiger partial charge in [0.15, 0.2) is 0 Å². The van der Waals surface area contributed by atoms with Crippen LogP contribution in [0.2, 0.25) is 0 Å². The molecule has 2 aromatic rings. The fourth-order valence-corrected chi connectivity index (χ4v) is 1.06. The Hall–Kier alpha value is -1.82. The summed E-state index contributed by atoms with van der Waals surface area (Å²) in [6.07, 6.45) is 3.26. The first-order valence-corrected chi connectivity index (χ1v) is 4.59. The van der Waals surface area contributed by atoms with E-state index in [0.29, 0.717) is 18.5 Å². The van der Waals surface area contributed by atoms with Crippen molar-refractivity contribution in [2.24, 2.45) is 5.73 Å². The molecule has 2 aromatic heterocycles. The summed E-state index contributed by atoms with van der Waals surface area (Å²) in [5, 5.41) is 10.6. The minimum absolute atomic E-state index is 0.248. The highest BCUT2D eigenvalue weighted by atomic mass is 16.4. The average Bonchev–Trinajstić information content (AvgIpc) is 2.86. The lowest BCUT2D eigenvalue weighted by molar-refractivity contribution is 0.472. The highest BCUT2D eigenvalue weighted by Gasteiger charge is 2.09. The predicted octanol–water partition coefficient (Wildman–Crippen LogP) is 1.29. The molecule has 0 amide bonds. The number of nitrogens with one attached hydrogen (secondary N) is 1. The van der Waals surface area contributed by atoms with E-state index in [1.165, 1.54) is 0 Å². The molecule has 1 atom stereocenters. The summed E-state index contributed by atoms with van der Waals surface area (Å²) in [6, 6.07) is 1.97. The summed E-state index contributed by atoms with van der Waals surface area (Å²) in [6.45, 7) is 2.37.